The first-order chi connectivity index (χ1) is 6.47. The van der Waals surface area contributed by atoms with E-state index in [0.717, 1.165) is 6.26 Å². The normalized spacial score (nSPS) is 12.1. The predicted molar refractivity (Wildman–Crippen MR) is 48.3 cm³/mol. The summed E-state index contributed by atoms with van der Waals surface area (Å²) in [6.45, 7) is 0. The summed E-state index contributed by atoms with van der Waals surface area (Å²) in [4.78, 5) is 7.54. The van der Waals surface area contributed by atoms with Crippen molar-refractivity contribution in [1.82, 2.24) is 19.6 Å². The Balaban J connectivity index is 2.75. The Hall–Kier alpha value is -1.70. The minimum absolute atomic E-state index is 0.208. The molecule has 0 bridgehead atoms. The highest BCUT2D eigenvalue weighted by atomic mass is 32.2. The molecule has 0 fully saturated rings. The van der Waals surface area contributed by atoms with E-state index in [4.69, 9.17) is 5.73 Å². The Morgan fingerprint density at radius 1 is 1.50 bits per heavy atom. The zero-order valence-corrected chi connectivity index (χ0v) is 8.06. The summed E-state index contributed by atoms with van der Waals surface area (Å²) < 4.78 is 23.4. The molecule has 14 heavy (non-hydrogen) atoms. The topological polar surface area (TPSA) is 103 Å². The molecule has 0 aliphatic carbocycles. The number of hydrogen-bond acceptors (Lipinski definition) is 6. The molecule has 0 radical (unpaired) electrons. The summed E-state index contributed by atoms with van der Waals surface area (Å²) in [5, 5.41) is 3.47. The molecule has 0 atom stereocenters. The van der Waals surface area contributed by atoms with Crippen molar-refractivity contribution < 1.29 is 8.42 Å². The first-order valence-electron chi connectivity index (χ1n) is 3.65. The van der Waals surface area contributed by atoms with Crippen molar-refractivity contribution in [2.75, 3.05) is 12.0 Å². The van der Waals surface area contributed by atoms with Gasteiger partial charge in [0, 0.05) is 6.26 Å². The van der Waals surface area contributed by atoms with Gasteiger partial charge in [-0.1, -0.05) is 0 Å². The van der Waals surface area contributed by atoms with Crippen LogP contribution in [-0.4, -0.2) is 34.3 Å². The Morgan fingerprint density at radius 3 is 2.86 bits per heavy atom. The van der Waals surface area contributed by atoms with Gasteiger partial charge in [-0.2, -0.15) is 4.98 Å². The van der Waals surface area contributed by atoms with Crippen LogP contribution in [-0.2, 0) is 9.84 Å². The number of fused-ring (bicyclic) bond motifs is 1. The molecule has 7 nitrogen and oxygen atoms in total. The fourth-order valence-electron chi connectivity index (χ4n) is 0.935. The van der Waals surface area contributed by atoms with Crippen LogP contribution in [0.4, 0.5) is 5.69 Å². The maximum Gasteiger partial charge on any atom is 0.268 e. The van der Waals surface area contributed by atoms with Crippen molar-refractivity contribution >= 4 is 21.3 Å². The zero-order valence-electron chi connectivity index (χ0n) is 7.25. The van der Waals surface area contributed by atoms with E-state index in [1.54, 1.807) is 0 Å². The number of nitrogens with zero attached hydrogens (tertiary/aromatic N) is 4. The summed E-state index contributed by atoms with van der Waals surface area (Å²) in [6, 6.07) is 0. The molecule has 2 aromatic rings. The fraction of sp³-hybridized carbons (Fsp3) is 0.167. The molecule has 2 heterocycles. The first-order valence-corrected chi connectivity index (χ1v) is 5.54. The summed E-state index contributed by atoms with van der Waals surface area (Å²) in [6.07, 6.45) is 3.87. The van der Waals surface area contributed by atoms with E-state index in [0.29, 0.717) is 5.69 Å². The van der Waals surface area contributed by atoms with Crippen molar-refractivity contribution in [1.29, 1.82) is 0 Å². The number of rotatable bonds is 1. The van der Waals surface area contributed by atoms with Gasteiger partial charge in [-0.05, 0) is 0 Å². The number of nitrogens with two attached hydrogens (primary N) is 1. The molecular weight excluding hydrogens is 206 g/mol. The van der Waals surface area contributed by atoms with Crippen LogP contribution in [0.2, 0.25) is 0 Å². The molecule has 2 aromatic heterocycles. The van der Waals surface area contributed by atoms with Crippen LogP contribution in [0.25, 0.3) is 5.78 Å². The van der Waals surface area contributed by atoms with Gasteiger partial charge >= 0.3 is 0 Å². The average Bonchev–Trinajstić information content (AvgIpc) is 2.45. The van der Waals surface area contributed by atoms with Crippen LogP contribution in [0.5, 0.6) is 0 Å². The summed E-state index contributed by atoms with van der Waals surface area (Å²) in [7, 11) is -3.40. The van der Waals surface area contributed by atoms with E-state index in [-0.39, 0.29) is 10.9 Å². The molecule has 0 spiro atoms. The van der Waals surface area contributed by atoms with E-state index in [2.05, 4.69) is 15.1 Å². The Labute approximate surface area is 79.5 Å². The minimum Gasteiger partial charge on any atom is -0.396 e. The largest absolute Gasteiger partial charge is 0.396 e. The van der Waals surface area contributed by atoms with Crippen LogP contribution < -0.4 is 5.73 Å². The fourth-order valence-corrected chi connectivity index (χ4v) is 1.42. The monoisotopic (exact) mass is 213 g/mol. The lowest BCUT2D eigenvalue weighted by molar-refractivity contribution is 0.593. The number of nitrogen functional groups attached to an aromatic ring is 1. The minimum atomic E-state index is -3.40. The first kappa shape index (κ1) is 8.88. The number of anilines is 1. The highest BCUT2D eigenvalue weighted by molar-refractivity contribution is 7.90. The molecule has 0 aliphatic heterocycles. The Bertz CT molecular complexity index is 587. The van der Waals surface area contributed by atoms with Gasteiger partial charge in [0.05, 0.1) is 18.1 Å². The van der Waals surface area contributed by atoms with Crippen LogP contribution in [0.1, 0.15) is 0 Å². The van der Waals surface area contributed by atoms with E-state index >= 15 is 0 Å². The number of hydrogen-bond donors (Lipinski definition) is 1. The standard InChI is InChI=1S/C6H7N5O2S/c1-14(12,13)6-9-5-8-2-4(7)3-11(5)10-6/h2-3H,7H2,1H3. The molecule has 0 aromatic carbocycles. The highest BCUT2D eigenvalue weighted by Gasteiger charge is 2.14. The molecule has 0 unspecified atom stereocenters. The lowest BCUT2D eigenvalue weighted by atomic mass is 10.6. The van der Waals surface area contributed by atoms with E-state index in [9.17, 15) is 8.42 Å². The molecule has 8 heteroatoms. The Morgan fingerprint density at radius 2 is 2.21 bits per heavy atom. The average molecular weight is 213 g/mol. The van der Waals surface area contributed by atoms with Gasteiger partial charge < -0.3 is 5.73 Å². The molecule has 2 N–H and O–H groups in total. The molecule has 0 saturated heterocycles. The van der Waals surface area contributed by atoms with Gasteiger partial charge in [0.2, 0.25) is 9.84 Å². The van der Waals surface area contributed by atoms with Crippen LogP contribution in [0.3, 0.4) is 0 Å². The maximum absolute atomic E-state index is 11.1. The smallest absolute Gasteiger partial charge is 0.268 e. The molecular formula is C6H7N5O2S. The summed E-state index contributed by atoms with van der Waals surface area (Å²) in [5.41, 5.74) is 5.83. The number of aromatic nitrogens is 4. The van der Waals surface area contributed by atoms with Crippen molar-refractivity contribution in [3.8, 4) is 0 Å². The van der Waals surface area contributed by atoms with E-state index in [1.807, 2.05) is 0 Å². The second kappa shape index (κ2) is 2.64. The van der Waals surface area contributed by atoms with Crippen molar-refractivity contribution in [2.24, 2.45) is 0 Å². The van der Waals surface area contributed by atoms with Crippen LogP contribution in [0, 0.1) is 0 Å². The van der Waals surface area contributed by atoms with Gasteiger partial charge in [-0.15, -0.1) is 5.10 Å². The second-order valence-electron chi connectivity index (χ2n) is 2.80. The lowest BCUT2D eigenvalue weighted by Crippen LogP contribution is -2.00. The molecule has 0 amide bonds. The second-order valence-corrected chi connectivity index (χ2v) is 4.71. The maximum atomic E-state index is 11.1. The van der Waals surface area contributed by atoms with Gasteiger partial charge in [0.25, 0.3) is 10.9 Å². The Kier molecular flexibility index (Phi) is 1.68. The summed E-state index contributed by atoms with van der Waals surface area (Å²) >= 11 is 0. The third-order valence-corrected chi connectivity index (χ3v) is 2.36. The van der Waals surface area contributed by atoms with E-state index in [1.165, 1.54) is 16.9 Å². The molecule has 74 valence electrons. The van der Waals surface area contributed by atoms with Gasteiger partial charge in [0.1, 0.15) is 0 Å². The van der Waals surface area contributed by atoms with Gasteiger partial charge in [0.15, 0.2) is 0 Å². The van der Waals surface area contributed by atoms with Gasteiger partial charge in [-0.25, -0.2) is 17.9 Å². The third-order valence-electron chi connectivity index (χ3n) is 1.53. The molecule has 0 saturated carbocycles. The summed E-state index contributed by atoms with van der Waals surface area (Å²) in [5.74, 6) is 0.208. The number of sulfone groups is 1. The van der Waals surface area contributed by atoms with Crippen LogP contribution >= 0.6 is 0 Å². The van der Waals surface area contributed by atoms with Gasteiger partial charge in [-0.3, -0.25) is 0 Å². The predicted octanol–water partition coefficient (Wildman–Crippen LogP) is -0.890. The molecule has 2 rings (SSSR count). The third kappa shape index (κ3) is 1.39. The lowest BCUT2D eigenvalue weighted by Gasteiger charge is -1.90. The van der Waals surface area contributed by atoms with E-state index < -0.39 is 9.84 Å². The van der Waals surface area contributed by atoms with Crippen LogP contribution in [0.15, 0.2) is 17.6 Å². The SMILES string of the molecule is CS(=O)(=O)c1nc2ncc(N)cn2n1. The zero-order chi connectivity index (χ0) is 10.3. The highest BCUT2D eigenvalue weighted by Crippen LogP contribution is 2.05. The van der Waals surface area contributed by atoms with Crippen molar-refractivity contribution in [3.05, 3.63) is 12.4 Å². The molecule has 0 aliphatic rings. The van der Waals surface area contributed by atoms with Crippen molar-refractivity contribution in [3.63, 3.8) is 0 Å². The van der Waals surface area contributed by atoms with Crippen molar-refractivity contribution in [2.45, 2.75) is 5.16 Å². The quantitative estimate of drug-likeness (QED) is 0.659.